The Morgan fingerprint density at radius 1 is 0.522 bits per heavy atom. The molecule has 0 aliphatic rings. The Morgan fingerprint density at radius 2 is 0.696 bits per heavy atom. The zero-order valence-electron chi connectivity index (χ0n) is 10.5. The third-order valence-electron chi connectivity index (χ3n) is 1.81. The standard InChI is InChI=1S/2C3HCl2N3O3.Ca/c2*4-7-1(9)6-2(10)8(5)3(7)11;/h2*(H,6,9,10);/q;;+2. The summed E-state index contributed by atoms with van der Waals surface area (Å²) in [4.78, 5) is 66.8. The smallest absolute Gasteiger partial charge is 0.257 e. The molecule has 2 aromatic rings. The van der Waals surface area contributed by atoms with Gasteiger partial charge in [0.1, 0.15) is 0 Å². The number of H-pyrrole nitrogens is 2. The minimum absolute atomic E-state index is 0. The van der Waals surface area contributed by atoms with Crippen LogP contribution in [0.1, 0.15) is 0 Å². The molecular weight excluding hydrogens is 434 g/mol. The van der Waals surface area contributed by atoms with Gasteiger partial charge < -0.3 is 0 Å². The largest absolute Gasteiger partial charge is 2.00 e. The van der Waals surface area contributed by atoms with Crippen LogP contribution in [0.3, 0.4) is 0 Å². The van der Waals surface area contributed by atoms with Crippen LogP contribution in [0.15, 0.2) is 28.8 Å². The van der Waals surface area contributed by atoms with Crippen LogP contribution in [0.5, 0.6) is 0 Å². The zero-order chi connectivity index (χ0) is 17.2. The van der Waals surface area contributed by atoms with Gasteiger partial charge in [-0.1, -0.05) is 0 Å². The Kier molecular flexibility index (Phi) is 8.62. The van der Waals surface area contributed by atoms with Crippen LogP contribution < -0.4 is 34.1 Å². The summed E-state index contributed by atoms with van der Waals surface area (Å²) in [7, 11) is 0. The molecule has 2 aromatic heterocycles. The summed E-state index contributed by atoms with van der Waals surface area (Å²) in [6, 6.07) is 0. The number of nitrogens with one attached hydrogen (secondary N) is 2. The monoisotopic (exact) mass is 434 g/mol. The van der Waals surface area contributed by atoms with Gasteiger partial charge in [-0.15, -0.1) is 16.3 Å². The third-order valence-corrected chi connectivity index (χ3v) is 3.01. The van der Waals surface area contributed by atoms with Gasteiger partial charge in [0.05, 0.1) is 0 Å². The van der Waals surface area contributed by atoms with Crippen LogP contribution in [0.2, 0.25) is 0 Å². The van der Waals surface area contributed by atoms with E-state index in [0.717, 1.165) is 0 Å². The summed E-state index contributed by atoms with van der Waals surface area (Å²) in [5, 5.41) is 0. The molecule has 0 unspecified atom stereocenters. The van der Waals surface area contributed by atoms with E-state index in [9.17, 15) is 28.8 Å². The first kappa shape index (κ1) is 22.2. The molecule has 23 heavy (non-hydrogen) atoms. The van der Waals surface area contributed by atoms with E-state index in [-0.39, 0.29) is 54.1 Å². The summed E-state index contributed by atoms with van der Waals surface area (Å²) >= 11 is 20.3. The number of aromatic amines is 2. The van der Waals surface area contributed by atoms with Gasteiger partial charge in [0.2, 0.25) is 0 Å². The molecule has 2 N–H and O–H groups in total. The third kappa shape index (κ3) is 5.11. The van der Waals surface area contributed by atoms with Crippen LogP contribution in [0, 0.1) is 0 Å². The molecule has 0 radical (unpaired) electrons. The molecule has 0 bridgehead atoms. The number of nitrogens with zero attached hydrogens (tertiary/aromatic N) is 4. The number of hydrogen-bond acceptors (Lipinski definition) is 6. The molecule has 2 heterocycles. The minimum atomic E-state index is -1.10. The Balaban J connectivity index is 0.000000403. The second-order valence-electron chi connectivity index (χ2n) is 3.16. The topological polar surface area (TPSA) is 154 Å². The van der Waals surface area contributed by atoms with E-state index in [1.807, 2.05) is 0 Å². The van der Waals surface area contributed by atoms with Gasteiger partial charge in [0, 0.05) is 47.1 Å². The second kappa shape index (κ2) is 8.92. The summed E-state index contributed by atoms with van der Waals surface area (Å²) in [5.74, 6) is 0. The van der Waals surface area contributed by atoms with E-state index in [1.54, 1.807) is 9.97 Å². The van der Waals surface area contributed by atoms with Crippen molar-refractivity contribution in [2.24, 2.45) is 0 Å². The van der Waals surface area contributed by atoms with Crippen molar-refractivity contribution >= 4 is 84.8 Å². The first-order valence-corrected chi connectivity index (χ1v) is 6.04. The Hall–Kier alpha value is -0.760. The fourth-order valence-corrected chi connectivity index (χ4v) is 1.43. The fourth-order valence-electron chi connectivity index (χ4n) is 0.881. The Bertz CT molecular complexity index is 898. The predicted octanol–water partition coefficient (Wildman–Crippen LogP) is -2.98. The zero-order valence-corrected chi connectivity index (χ0v) is 15.7. The van der Waals surface area contributed by atoms with Crippen LogP contribution in [-0.4, -0.2) is 64.1 Å². The van der Waals surface area contributed by atoms with E-state index in [1.165, 1.54) is 0 Å². The molecule has 0 saturated heterocycles. The number of halogens is 4. The average molecular weight is 436 g/mol. The first-order chi connectivity index (χ1) is 10.1. The van der Waals surface area contributed by atoms with Gasteiger partial charge in [0.25, 0.3) is 0 Å². The number of rotatable bonds is 0. The summed E-state index contributed by atoms with van der Waals surface area (Å²) in [5.41, 5.74) is -6.25. The van der Waals surface area contributed by atoms with Crippen LogP contribution in [0.25, 0.3) is 0 Å². The SMILES string of the molecule is O=c1[nH]c(=O)n(Cl)c(=O)n1Cl.O=c1[nH]c(=O)n(Cl)c(=O)n1Cl.[Ca+2]. The van der Waals surface area contributed by atoms with E-state index in [4.69, 9.17) is 47.1 Å². The Morgan fingerprint density at radius 3 is 0.870 bits per heavy atom. The van der Waals surface area contributed by atoms with Crippen molar-refractivity contribution in [3.63, 3.8) is 0 Å². The molecule has 0 fully saturated rings. The van der Waals surface area contributed by atoms with Crippen molar-refractivity contribution in [2.75, 3.05) is 0 Å². The van der Waals surface area contributed by atoms with Crippen molar-refractivity contribution in [1.29, 1.82) is 0 Å². The maximum atomic E-state index is 10.7. The normalized spacial score (nSPS) is 9.57. The summed E-state index contributed by atoms with van der Waals surface area (Å²) in [6.07, 6.45) is 0. The maximum Gasteiger partial charge on any atom is 2.00 e. The van der Waals surface area contributed by atoms with Gasteiger partial charge in [-0.2, -0.15) is 0 Å². The first-order valence-electron chi connectivity index (χ1n) is 4.69. The van der Waals surface area contributed by atoms with E-state index < -0.39 is 34.1 Å². The van der Waals surface area contributed by atoms with Crippen molar-refractivity contribution in [1.82, 2.24) is 26.3 Å². The molecule has 0 amide bonds. The molecule has 17 heteroatoms. The van der Waals surface area contributed by atoms with Gasteiger partial charge in [-0.3, -0.25) is 9.97 Å². The number of hydrogen-bond donors (Lipinski definition) is 2. The Labute approximate surface area is 172 Å². The fraction of sp³-hybridized carbons (Fsp3) is 0. The van der Waals surface area contributed by atoms with Crippen LogP contribution >= 0.6 is 47.1 Å². The molecule has 0 saturated carbocycles. The van der Waals surface area contributed by atoms with E-state index >= 15 is 0 Å². The van der Waals surface area contributed by atoms with Gasteiger partial charge in [0.15, 0.2) is 0 Å². The van der Waals surface area contributed by atoms with Gasteiger partial charge in [-0.05, 0) is 0 Å². The molecular formula is C6H2CaCl4N6O6+2. The molecule has 0 aromatic carbocycles. The summed E-state index contributed by atoms with van der Waals surface area (Å²) < 4.78 is 0.644. The maximum absolute atomic E-state index is 10.7. The second-order valence-corrected chi connectivity index (χ2v) is 4.51. The van der Waals surface area contributed by atoms with Crippen molar-refractivity contribution in [2.45, 2.75) is 0 Å². The van der Waals surface area contributed by atoms with Gasteiger partial charge in [-0.25, -0.2) is 28.8 Å². The average Bonchev–Trinajstić information content (AvgIpc) is 2.47. The van der Waals surface area contributed by atoms with E-state index in [2.05, 4.69) is 0 Å². The van der Waals surface area contributed by atoms with Crippen molar-refractivity contribution < 1.29 is 0 Å². The molecule has 2 rings (SSSR count). The summed E-state index contributed by atoms with van der Waals surface area (Å²) in [6.45, 7) is 0. The van der Waals surface area contributed by atoms with Crippen LogP contribution in [0.4, 0.5) is 0 Å². The predicted molar refractivity (Wildman–Crippen MR) is 81.9 cm³/mol. The van der Waals surface area contributed by atoms with E-state index in [0.29, 0.717) is 0 Å². The molecule has 0 atom stereocenters. The van der Waals surface area contributed by atoms with Crippen LogP contribution in [-0.2, 0) is 0 Å². The molecule has 120 valence electrons. The van der Waals surface area contributed by atoms with Crippen molar-refractivity contribution in [3.8, 4) is 0 Å². The quantitative estimate of drug-likeness (QED) is 0.421. The molecule has 12 nitrogen and oxygen atoms in total. The minimum Gasteiger partial charge on any atom is -0.257 e. The number of aromatic nitrogens is 6. The van der Waals surface area contributed by atoms with Gasteiger partial charge >= 0.3 is 71.9 Å². The molecule has 0 spiro atoms. The van der Waals surface area contributed by atoms with Crippen molar-refractivity contribution in [3.05, 3.63) is 62.9 Å². The molecule has 0 aliphatic heterocycles. The molecule has 0 aliphatic carbocycles.